The molecule has 0 aromatic heterocycles. The van der Waals surface area contributed by atoms with Gasteiger partial charge in [-0.05, 0) is 36.2 Å². The summed E-state index contributed by atoms with van der Waals surface area (Å²) in [4.78, 5) is 15.1. The van der Waals surface area contributed by atoms with Crippen LogP contribution in [0.15, 0.2) is 78.9 Å². The van der Waals surface area contributed by atoms with E-state index in [1.165, 1.54) is 12.1 Å². The van der Waals surface area contributed by atoms with Crippen molar-refractivity contribution in [2.24, 2.45) is 0 Å². The first-order valence-electron chi connectivity index (χ1n) is 11.0. The van der Waals surface area contributed by atoms with E-state index in [0.717, 1.165) is 30.0 Å². The average Bonchev–Trinajstić information content (AvgIpc) is 2.84. The molecule has 1 fully saturated rings. The van der Waals surface area contributed by atoms with Crippen LogP contribution in [0.2, 0.25) is 0 Å². The molecule has 1 saturated heterocycles. The van der Waals surface area contributed by atoms with Gasteiger partial charge in [-0.25, -0.2) is 4.39 Å². The van der Waals surface area contributed by atoms with Gasteiger partial charge < -0.3 is 20.3 Å². The SMILES string of the molecule is O=C(NC(CNc1ccccc1N1CCOCC1)Cc1ccccc1)c1ccccc1F. The van der Waals surface area contributed by atoms with Crippen molar-refractivity contribution in [3.63, 3.8) is 0 Å². The van der Waals surface area contributed by atoms with Crippen LogP contribution in [0.25, 0.3) is 0 Å². The Bertz CT molecular complexity index is 1020. The molecule has 0 aliphatic carbocycles. The van der Waals surface area contributed by atoms with E-state index in [2.05, 4.69) is 21.6 Å². The molecule has 1 atom stereocenters. The predicted molar refractivity (Wildman–Crippen MR) is 126 cm³/mol. The molecule has 1 aliphatic rings. The first-order valence-corrected chi connectivity index (χ1v) is 11.0. The zero-order valence-electron chi connectivity index (χ0n) is 18.0. The third-order valence-corrected chi connectivity index (χ3v) is 5.57. The number of carbonyl (C=O) groups is 1. The van der Waals surface area contributed by atoms with Gasteiger partial charge in [-0.2, -0.15) is 0 Å². The summed E-state index contributed by atoms with van der Waals surface area (Å²) in [5.74, 6) is -0.929. The van der Waals surface area contributed by atoms with E-state index < -0.39 is 11.7 Å². The molecule has 1 heterocycles. The number of morpholine rings is 1. The summed E-state index contributed by atoms with van der Waals surface area (Å²) < 4.78 is 19.6. The predicted octanol–water partition coefficient (Wildman–Crippen LogP) is 4.12. The first kappa shape index (κ1) is 21.8. The molecule has 5 nitrogen and oxygen atoms in total. The lowest BCUT2D eigenvalue weighted by Crippen LogP contribution is -2.42. The molecule has 1 amide bonds. The average molecular weight is 434 g/mol. The third-order valence-electron chi connectivity index (χ3n) is 5.57. The van der Waals surface area contributed by atoms with Crippen LogP contribution in [-0.4, -0.2) is 44.8 Å². The lowest BCUT2D eigenvalue weighted by Gasteiger charge is -2.31. The van der Waals surface area contributed by atoms with Gasteiger partial charge in [0.2, 0.25) is 0 Å². The molecule has 0 spiro atoms. The molecule has 6 heteroatoms. The molecule has 0 saturated carbocycles. The molecule has 1 aliphatic heterocycles. The number of amides is 1. The smallest absolute Gasteiger partial charge is 0.254 e. The van der Waals surface area contributed by atoms with Gasteiger partial charge in [0, 0.05) is 19.6 Å². The van der Waals surface area contributed by atoms with Crippen LogP contribution in [0, 0.1) is 5.82 Å². The lowest BCUT2D eigenvalue weighted by molar-refractivity contribution is 0.0934. The van der Waals surface area contributed by atoms with Crippen molar-refractivity contribution in [1.29, 1.82) is 0 Å². The van der Waals surface area contributed by atoms with Crippen LogP contribution in [0.3, 0.4) is 0 Å². The van der Waals surface area contributed by atoms with Crippen LogP contribution in [0.4, 0.5) is 15.8 Å². The van der Waals surface area contributed by atoms with Gasteiger partial charge in [-0.15, -0.1) is 0 Å². The molecule has 32 heavy (non-hydrogen) atoms. The number of hydrogen-bond donors (Lipinski definition) is 2. The summed E-state index contributed by atoms with van der Waals surface area (Å²) >= 11 is 0. The number of anilines is 2. The molecule has 3 aromatic carbocycles. The summed E-state index contributed by atoms with van der Waals surface area (Å²) in [6.07, 6.45) is 0.633. The van der Waals surface area contributed by atoms with Gasteiger partial charge in [0.1, 0.15) is 5.82 Å². The fourth-order valence-electron chi connectivity index (χ4n) is 3.92. The standard InChI is InChI=1S/C26H28FN3O2/c27-23-11-5-4-10-22(23)26(31)29-21(18-20-8-2-1-3-9-20)19-28-24-12-6-7-13-25(24)30-14-16-32-17-15-30/h1-13,21,28H,14-19H2,(H,29,31). The molecule has 166 valence electrons. The van der Waals surface area contributed by atoms with E-state index >= 15 is 0 Å². The summed E-state index contributed by atoms with van der Waals surface area (Å²) in [6.45, 7) is 3.62. The topological polar surface area (TPSA) is 53.6 Å². The van der Waals surface area contributed by atoms with E-state index in [1.807, 2.05) is 48.5 Å². The van der Waals surface area contributed by atoms with E-state index in [9.17, 15) is 9.18 Å². The zero-order valence-corrected chi connectivity index (χ0v) is 18.0. The Hall–Kier alpha value is -3.38. The quantitative estimate of drug-likeness (QED) is 0.561. The monoisotopic (exact) mass is 433 g/mol. The second kappa shape index (κ2) is 10.8. The van der Waals surface area contributed by atoms with Gasteiger partial charge in [-0.1, -0.05) is 54.6 Å². The van der Waals surface area contributed by atoms with Crippen LogP contribution < -0.4 is 15.5 Å². The Kier molecular flexibility index (Phi) is 7.35. The normalized spacial score (nSPS) is 14.6. The summed E-state index contributed by atoms with van der Waals surface area (Å²) in [5, 5.41) is 6.53. The Morgan fingerprint density at radius 1 is 0.938 bits per heavy atom. The number of rotatable bonds is 8. The van der Waals surface area contributed by atoms with Crippen LogP contribution in [0.1, 0.15) is 15.9 Å². The number of halogens is 1. The van der Waals surface area contributed by atoms with Crippen molar-refractivity contribution >= 4 is 17.3 Å². The second-order valence-electron chi connectivity index (χ2n) is 7.84. The molecule has 0 radical (unpaired) electrons. The number of hydrogen-bond acceptors (Lipinski definition) is 4. The minimum absolute atomic E-state index is 0.0549. The van der Waals surface area contributed by atoms with Crippen molar-refractivity contribution in [3.05, 3.63) is 95.8 Å². The number of para-hydroxylation sites is 2. The molecule has 3 aromatic rings. The number of nitrogens with one attached hydrogen (secondary N) is 2. The van der Waals surface area contributed by atoms with E-state index in [-0.39, 0.29) is 11.6 Å². The number of nitrogens with zero attached hydrogens (tertiary/aromatic N) is 1. The van der Waals surface area contributed by atoms with E-state index in [1.54, 1.807) is 12.1 Å². The summed E-state index contributed by atoms with van der Waals surface area (Å²) in [6, 6.07) is 24.0. The maximum Gasteiger partial charge on any atom is 0.254 e. The zero-order chi connectivity index (χ0) is 22.2. The largest absolute Gasteiger partial charge is 0.381 e. The highest BCUT2D eigenvalue weighted by molar-refractivity contribution is 5.94. The van der Waals surface area contributed by atoms with Crippen molar-refractivity contribution in [3.8, 4) is 0 Å². The summed E-state index contributed by atoms with van der Waals surface area (Å²) in [5.41, 5.74) is 3.29. The molecule has 4 rings (SSSR count). The van der Waals surface area contributed by atoms with Crippen molar-refractivity contribution in [1.82, 2.24) is 5.32 Å². The molecule has 2 N–H and O–H groups in total. The highest BCUT2D eigenvalue weighted by atomic mass is 19.1. The van der Waals surface area contributed by atoms with Crippen molar-refractivity contribution in [2.75, 3.05) is 43.1 Å². The lowest BCUT2D eigenvalue weighted by atomic mass is 10.0. The van der Waals surface area contributed by atoms with E-state index in [4.69, 9.17) is 4.74 Å². The van der Waals surface area contributed by atoms with Gasteiger partial charge >= 0.3 is 0 Å². The fraction of sp³-hybridized carbons (Fsp3) is 0.269. The first-order chi connectivity index (χ1) is 15.7. The van der Waals surface area contributed by atoms with Crippen molar-refractivity contribution in [2.45, 2.75) is 12.5 Å². The number of carbonyl (C=O) groups excluding carboxylic acids is 1. The molecular formula is C26H28FN3O2. The van der Waals surface area contributed by atoms with E-state index in [0.29, 0.717) is 26.2 Å². The Morgan fingerprint density at radius 2 is 1.62 bits per heavy atom. The van der Waals surface area contributed by atoms with Gasteiger partial charge in [0.25, 0.3) is 5.91 Å². The van der Waals surface area contributed by atoms with Gasteiger partial charge in [-0.3, -0.25) is 4.79 Å². The molecule has 0 bridgehead atoms. The van der Waals surface area contributed by atoms with Gasteiger partial charge in [0.15, 0.2) is 0 Å². The Morgan fingerprint density at radius 3 is 2.41 bits per heavy atom. The highest BCUT2D eigenvalue weighted by Crippen LogP contribution is 2.26. The second-order valence-corrected chi connectivity index (χ2v) is 7.84. The van der Waals surface area contributed by atoms with Crippen LogP contribution in [0.5, 0.6) is 0 Å². The fourth-order valence-corrected chi connectivity index (χ4v) is 3.92. The maximum absolute atomic E-state index is 14.1. The van der Waals surface area contributed by atoms with Crippen LogP contribution in [-0.2, 0) is 11.2 Å². The van der Waals surface area contributed by atoms with Crippen molar-refractivity contribution < 1.29 is 13.9 Å². The summed E-state index contributed by atoms with van der Waals surface area (Å²) in [7, 11) is 0. The highest BCUT2D eigenvalue weighted by Gasteiger charge is 2.19. The molecule has 1 unspecified atom stereocenters. The number of benzene rings is 3. The Balaban J connectivity index is 1.49. The number of ether oxygens (including phenoxy) is 1. The van der Waals surface area contributed by atoms with Crippen LogP contribution >= 0.6 is 0 Å². The maximum atomic E-state index is 14.1. The third kappa shape index (κ3) is 5.65. The Labute approximate surface area is 188 Å². The van der Waals surface area contributed by atoms with Gasteiger partial charge in [0.05, 0.1) is 36.2 Å². The minimum atomic E-state index is -0.519. The minimum Gasteiger partial charge on any atom is -0.381 e. The molecular weight excluding hydrogens is 405 g/mol.